The SMILES string of the molecule is COc1ccc(C(N)CN2CCCC(C)(C)C2)cc1OC. The van der Waals surface area contributed by atoms with Gasteiger partial charge in [-0.25, -0.2) is 0 Å². The Balaban J connectivity index is 2.04. The van der Waals surface area contributed by atoms with Gasteiger partial charge >= 0.3 is 0 Å². The van der Waals surface area contributed by atoms with Crippen LogP contribution in [-0.2, 0) is 0 Å². The molecule has 0 aliphatic carbocycles. The summed E-state index contributed by atoms with van der Waals surface area (Å²) in [5, 5.41) is 0. The van der Waals surface area contributed by atoms with Crippen LogP contribution in [0.1, 0.15) is 38.3 Å². The van der Waals surface area contributed by atoms with Crippen molar-refractivity contribution in [2.45, 2.75) is 32.7 Å². The molecule has 1 aromatic rings. The minimum Gasteiger partial charge on any atom is -0.493 e. The van der Waals surface area contributed by atoms with Gasteiger partial charge in [-0.05, 0) is 42.5 Å². The molecule has 0 amide bonds. The monoisotopic (exact) mass is 292 g/mol. The number of hydrogen-bond donors (Lipinski definition) is 1. The number of benzene rings is 1. The maximum Gasteiger partial charge on any atom is 0.161 e. The summed E-state index contributed by atoms with van der Waals surface area (Å²) < 4.78 is 10.6. The number of ether oxygens (including phenoxy) is 2. The fourth-order valence-electron chi connectivity index (χ4n) is 3.17. The molecule has 0 aromatic heterocycles. The second kappa shape index (κ2) is 6.67. The molecule has 0 spiro atoms. The molecule has 1 saturated heterocycles. The summed E-state index contributed by atoms with van der Waals surface area (Å²) in [4.78, 5) is 2.48. The maximum atomic E-state index is 6.39. The van der Waals surface area contributed by atoms with E-state index in [1.165, 1.54) is 12.8 Å². The van der Waals surface area contributed by atoms with Gasteiger partial charge in [-0.1, -0.05) is 19.9 Å². The van der Waals surface area contributed by atoms with Crippen molar-refractivity contribution < 1.29 is 9.47 Å². The molecule has 1 atom stereocenters. The van der Waals surface area contributed by atoms with Crippen molar-refractivity contribution in [1.82, 2.24) is 4.90 Å². The molecule has 1 heterocycles. The first kappa shape index (κ1) is 16.1. The van der Waals surface area contributed by atoms with E-state index in [1.54, 1.807) is 14.2 Å². The number of nitrogens with two attached hydrogens (primary N) is 1. The van der Waals surface area contributed by atoms with E-state index in [2.05, 4.69) is 18.7 Å². The van der Waals surface area contributed by atoms with Crippen molar-refractivity contribution in [3.8, 4) is 11.5 Å². The van der Waals surface area contributed by atoms with Gasteiger partial charge in [-0.2, -0.15) is 0 Å². The number of hydrogen-bond acceptors (Lipinski definition) is 4. The van der Waals surface area contributed by atoms with Gasteiger partial charge in [0.05, 0.1) is 14.2 Å². The zero-order chi connectivity index (χ0) is 15.5. The average Bonchev–Trinajstić information content (AvgIpc) is 2.45. The molecule has 0 saturated carbocycles. The molecular weight excluding hydrogens is 264 g/mol. The second-order valence-corrected chi connectivity index (χ2v) is 6.72. The lowest BCUT2D eigenvalue weighted by molar-refractivity contribution is 0.112. The van der Waals surface area contributed by atoms with Crippen LogP contribution in [0.2, 0.25) is 0 Å². The number of methoxy groups -OCH3 is 2. The van der Waals surface area contributed by atoms with Crippen LogP contribution < -0.4 is 15.2 Å². The van der Waals surface area contributed by atoms with E-state index in [0.29, 0.717) is 5.41 Å². The van der Waals surface area contributed by atoms with Gasteiger partial charge in [0.2, 0.25) is 0 Å². The van der Waals surface area contributed by atoms with E-state index in [-0.39, 0.29) is 6.04 Å². The molecule has 1 aliphatic heterocycles. The topological polar surface area (TPSA) is 47.7 Å². The highest BCUT2D eigenvalue weighted by molar-refractivity contribution is 5.43. The summed E-state index contributed by atoms with van der Waals surface area (Å²) in [7, 11) is 3.30. The van der Waals surface area contributed by atoms with Crippen molar-refractivity contribution in [1.29, 1.82) is 0 Å². The quantitative estimate of drug-likeness (QED) is 0.906. The van der Waals surface area contributed by atoms with E-state index in [9.17, 15) is 0 Å². The molecular formula is C17H28N2O2. The minimum absolute atomic E-state index is 0.00120. The maximum absolute atomic E-state index is 6.39. The first-order valence-electron chi connectivity index (χ1n) is 7.65. The molecule has 4 nitrogen and oxygen atoms in total. The third kappa shape index (κ3) is 4.11. The Bertz CT molecular complexity index is 474. The van der Waals surface area contributed by atoms with Gasteiger partial charge in [-0.3, -0.25) is 0 Å². The summed E-state index contributed by atoms with van der Waals surface area (Å²) in [5.74, 6) is 1.48. The highest BCUT2D eigenvalue weighted by Gasteiger charge is 2.27. The van der Waals surface area contributed by atoms with Gasteiger partial charge in [0.25, 0.3) is 0 Å². The van der Waals surface area contributed by atoms with Crippen LogP contribution in [0.25, 0.3) is 0 Å². The van der Waals surface area contributed by atoms with E-state index in [1.807, 2.05) is 18.2 Å². The predicted octanol–water partition coefficient (Wildman–Crippen LogP) is 2.83. The zero-order valence-electron chi connectivity index (χ0n) is 13.7. The zero-order valence-corrected chi connectivity index (χ0v) is 13.7. The Kier molecular flexibility index (Phi) is 5.12. The lowest BCUT2D eigenvalue weighted by Gasteiger charge is -2.39. The van der Waals surface area contributed by atoms with Crippen LogP contribution in [0, 0.1) is 5.41 Å². The van der Waals surface area contributed by atoms with Gasteiger partial charge in [0, 0.05) is 19.1 Å². The molecule has 0 bridgehead atoms. The Morgan fingerprint density at radius 1 is 1.24 bits per heavy atom. The van der Waals surface area contributed by atoms with Gasteiger partial charge in [0.1, 0.15) is 0 Å². The van der Waals surface area contributed by atoms with Crippen LogP contribution in [0.3, 0.4) is 0 Å². The molecule has 118 valence electrons. The van der Waals surface area contributed by atoms with Crippen molar-refractivity contribution in [2.75, 3.05) is 33.9 Å². The lowest BCUT2D eigenvalue weighted by atomic mass is 9.84. The van der Waals surface area contributed by atoms with Crippen LogP contribution in [-0.4, -0.2) is 38.8 Å². The molecule has 1 aliphatic rings. The van der Waals surface area contributed by atoms with Gasteiger partial charge < -0.3 is 20.1 Å². The summed E-state index contributed by atoms with van der Waals surface area (Å²) in [5.41, 5.74) is 7.88. The van der Waals surface area contributed by atoms with Gasteiger partial charge in [0.15, 0.2) is 11.5 Å². The van der Waals surface area contributed by atoms with E-state index in [4.69, 9.17) is 15.2 Å². The largest absolute Gasteiger partial charge is 0.493 e. The Hall–Kier alpha value is -1.26. The molecule has 21 heavy (non-hydrogen) atoms. The summed E-state index contributed by atoms with van der Waals surface area (Å²) in [6.07, 6.45) is 2.56. The average molecular weight is 292 g/mol. The van der Waals surface area contributed by atoms with Crippen molar-refractivity contribution >= 4 is 0 Å². The molecule has 1 unspecified atom stereocenters. The Morgan fingerprint density at radius 3 is 2.57 bits per heavy atom. The summed E-state index contributed by atoms with van der Waals surface area (Å²) >= 11 is 0. The summed E-state index contributed by atoms with van der Waals surface area (Å²) in [6.45, 7) is 7.82. The summed E-state index contributed by atoms with van der Waals surface area (Å²) in [6, 6.07) is 5.94. The number of nitrogens with zero attached hydrogens (tertiary/aromatic N) is 1. The smallest absolute Gasteiger partial charge is 0.161 e. The van der Waals surface area contributed by atoms with E-state index < -0.39 is 0 Å². The molecule has 1 fully saturated rings. The van der Waals surface area contributed by atoms with E-state index in [0.717, 1.165) is 36.7 Å². The third-order valence-electron chi connectivity index (χ3n) is 4.27. The van der Waals surface area contributed by atoms with Crippen molar-refractivity contribution in [2.24, 2.45) is 11.1 Å². The van der Waals surface area contributed by atoms with Crippen molar-refractivity contribution in [3.63, 3.8) is 0 Å². The Morgan fingerprint density at radius 2 is 1.95 bits per heavy atom. The fourth-order valence-corrected chi connectivity index (χ4v) is 3.17. The number of piperidine rings is 1. The normalized spacial score (nSPS) is 20.0. The van der Waals surface area contributed by atoms with Crippen molar-refractivity contribution in [3.05, 3.63) is 23.8 Å². The first-order valence-corrected chi connectivity index (χ1v) is 7.65. The number of rotatable bonds is 5. The van der Waals surface area contributed by atoms with Crippen LogP contribution >= 0.6 is 0 Å². The third-order valence-corrected chi connectivity index (χ3v) is 4.27. The van der Waals surface area contributed by atoms with Gasteiger partial charge in [-0.15, -0.1) is 0 Å². The molecule has 1 aromatic carbocycles. The highest BCUT2D eigenvalue weighted by Crippen LogP contribution is 2.31. The fraction of sp³-hybridized carbons (Fsp3) is 0.647. The standard InChI is InChI=1S/C17H28N2O2/c1-17(2)8-5-9-19(12-17)11-14(18)13-6-7-15(20-3)16(10-13)21-4/h6-7,10,14H,5,8-9,11-12,18H2,1-4H3. The minimum atomic E-state index is -0.00120. The Labute approximate surface area is 128 Å². The highest BCUT2D eigenvalue weighted by atomic mass is 16.5. The molecule has 0 radical (unpaired) electrons. The first-order chi connectivity index (χ1) is 9.95. The van der Waals surface area contributed by atoms with Crippen LogP contribution in [0.15, 0.2) is 18.2 Å². The van der Waals surface area contributed by atoms with Crippen LogP contribution in [0.5, 0.6) is 11.5 Å². The molecule has 2 rings (SSSR count). The van der Waals surface area contributed by atoms with Crippen LogP contribution in [0.4, 0.5) is 0 Å². The predicted molar refractivity (Wildman–Crippen MR) is 85.9 cm³/mol. The number of likely N-dealkylation sites (tertiary alicyclic amines) is 1. The van der Waals surface area contributed by atoms with E-state index >= 15 is 0 Å². The second-order valence-electron chi connectivity index (χ2n) is 6.72. The lowest BCUT2D eigenvalue weighted by Crippen LogP contribution is -2.43. The molecule has 2 N–H and O–H groups in total. The molecule has 4 heteroatoms.